The Morgan fingerprint density at radius 3 is 2.95 bits per heavy atom. The smallest absolute Gasteiger partial charge is 0.330 e. The van der Waals surface area contributed by atoms with Crippen LogP contribution >= 0.6 is 11.6 Å². The summed E-state index contributed by atoms with van der Waals surface area (Å²) in [5.74, 6) is -1.28. The lowest BCUT2D eigenvalue weighted by atomic mass is 10.1. The van der Waals surface area contributed by atoms with E-state index in [4.69, 9.17) is 11.6 Å². The maximum Gasteiger partial charge on any atom is 0.330 e. The molecule has 19 heavy (non-hydrogen) atoms. The van der Waals surface area contributed by atoms with Crippen LogP contribution in [0.5, 0.6) is 0 Å². The summed E-state index contributed by atoms with van der Waals surface area (Å²) in [4.78, 5) is 11.1. The highest BCUT2D eigenvalue weighted by molar-refractivity contribution is 6.31. The summed E-state index contributed by atoms with van der Waals surface area (Å²) in [6, 6.07) is 2.92. The lowest BCUT2D eigenvalue weighted by Gasteiger charge is -2.07. The van der Waals surface area contributed by atoms with Crippen LogP contribution in [0.15, 0.2) is 24.5 Å². The second kappa shape index (κ2) is 5.57. The number of hydrogen-bond acceptors (Lipinski definition) is 5. The molecule has 0 aliphatic carbocycles. The van der Waals surface area contributed by atoms with Gasteiger partial charge in [-0.3, -0.25) is 0 Å². The van der Waals surface area contributed by atoms with Gasteiger partial charge in [0.15, 0.2) is 5.82 Å². The molecule has 0 aliphatic rings. The first-order valence-electron chi connectivity index (χ1n) is 5.11. The molecule has 0 aliphatic heterocycles. The summed E-state index contributed by atoms with van der Waals surface area (Å²) in [5, 5.41) is 10.5. The van der Waals surface area contributed by atoms with Crippen molar-refractivity contribution >= 4 is 23.6 Å². The number of rotatable bonds is 3. The number of esters is 1. The summed E-state index contributed by atoms with van der Waals surface area (Å²) in [6.45, 7) is 0. The van der Waals surface area contributed by atoms with Gasteiger partial charge >= 0.3 is 5.97 Å². The van der Waals surface area contributed by atoms with Crippen molar-refractivity contribution in [2.75, 3.05) is 7.11 Å². The molecule has 98 valence electrons. The molecule has 1 heterocycles. The number of tetrazole rings is 1. The van der Waals surface area contributed by atoms with Crippen LogP contribution in [0, 0.1) is 5.82 Å². The number of methoxy groups -OCH3 is 1. The maximum atomic E-state index is 14.0. The minimum absolute atomic E-state index is 0.0682. The number of aromatic nitrogens is 4. The largest absolute Gasteiger partial charge is 0.466 e. The summed E-state index contributed by atoms with van der Waals surface area (Å²) >= 11 is 5.71. The van der Waals surface area contributed by atoms with E-state index >= 15 is 0 Å². The molecule has 0 spiro atoms. The number of ether oxygens (including phenoxy) is 1. The van der Waals surface area contributed by atoms with Crippen molar-refractivity contribution in [3.05, 3.63) is 40.9 Å². The number of hydrogen-bond donors (Lipinski definition) is 0. The van der Waals surface area contributed by atoms with Crippen LogP contribution < -0.4 is 0 Å². The maximum absolute atomic E-state index is 14.0. The average Bonchev–Trinajstić information content (AvgIpc) is 2.93. The summed E-state index contributed by atoms with van der Waals surface area (Å²) in [7, 11) is 1.23. The number of carbonyl (C=O) groups excluding carboxylic acids is 1. The predicted octanol–water partition coefficient (Wildman–Crippen LogP) is 1.64. The van der Waals surface area contributed by atoms with Gasteiger partial charge in [-0.25, -0.2) is 9.18 Å². The van der Waals surface area contributed by atoms with Gasteiger partial charge in [0.1, 0.15) is 6.33 Å². The van der Waals surface area contributed by atoms with Gasteiger partial charge in [-0.2, -0.15) is 4.68 Å². The van der Waals surface area contributed by atoms with Crippen molar-refractivity contribution in [2.24, 2.45) is 0 Å². The van der Waals surface area contributed by atoms with Crippen molar-refractivity contribution in [1.82, 2.24) is 20.2 Å². The molecule has 0 saturated carbocycles. The van der Waals surface area contributed by atoms with Crippen molar-refractivity contribution in [3.63, 3.8) is 0 Å². The zero-order valence-electron chi connectivity index (χ0n) is 9.75. The zero-order valence-corrected chi connectivity index (χ0v) is 10.5. The lowest BCUT2D eigenvalue weighted by Crippen LogP contribution is -2.01. The fourth-order valence-corrected chi connectivity index (χ4v) is 1.57. The van der Waals surface area contributed by atoms with Gasteiger partial charge in [-0.05, 0) is 28.6 Å². The molecule has 1 aromatic heterocycles. The van der Waals surface area contributed by atoms with Crippen LogP contribution in [-0.2, 0) is 9.53 Å². The first-order chi connectivity index (χ1) is 9.13. The van der Waals surface area contributed by atoms with E-state index in [1.807, 2.05) is 0 Å². The molecular formula is C11H8ClFN4O2. The lowest BCUT2D eigenvalue weighted by molar-refractivity contribution is -0.134. The van der Waals surface area contributed by atoms with Gasteiger partial charge < -0.3 is 4.74 Å². The summed E-state index contributed by atoms with van der Waals surface area (Å²) < 4.78 is 19.7. The highest BCUT2D eigenvalue weighted by Crippen LogP contribution is 2.25. The van der Waals surface area contributed by atoms with Gasteiger partial charge in [-0.15, -0.1) is 5.10 Å². The molecule has 2 rings (SSSR count). The monoisotopic (exact) mass is 282 g/mol. The molecule has 2 aromatic rings. The Hall–Kier alpha value is -2.28. The zero-order chi connectivity index (χ0) is 13.8. The Bertz CT molecular complexity index is 628. The Balaban J connectivity index is 2.53. The molecule has 0 amide bonds. The molecular weight excluding hydrogens is 275 g/mol. The third-order valence-corrected chi connectivity index (χ3v) is 2.58. The Kier molecular flexibility index (Phi) is 3.86. The van der Waals surface area contributed by atoms with Crippen LogP contribution in [-0.4, -0.2) is 33.3 Å². The average molecular weight is 283 g/mol. The molecule has 0 atom stereocenters. The fourth-order valence-electron chi connectivity index (χ4n) is 1.41. The van der Waals surface area contributed by atoms with E-state index in [0.29, 0.717) is 5.69 Å². The predicted molar refractivity (Wildman–Crippen MR) is 65.2 cm³/mol. The SMILES string of the molecule is COC(=O)C=Cc1c(-n2cnnn2)ccc(Cl)c1F. The quantitative estimate of drug-likeness (QED) is 0.632. The molecule has 0 fully saturated rings. The summed E-state index contributed by atoms with van der Waals surface area (Å²) in [5.41, 5.74) is 0.442. The van der Waals surface area contributed by atoms with E-state index < -0.39 is 11.8 Å². The molecule has 0 radical (unpaired) electrons. The second-order valence-electron chi connectivity index (χ2n) is 3.41. The molecule has 0 bridgehead atoms. The van der Waals surface area contributed by atoms with E-state index in [2.05, 4.69) is 20.3 Å². The van der Waals surface area contributed by atoms with Crippen LogP contribution in [0.3, 0.4) is 0 Å². The van der Waals surface area contributed by atoms with Crippen LogP contribution in [0.1, 0.15) is 5.56 Å². The van der Waals surface area contributed by atoms with E-state index in [1.54, 1.807) is 6.07 Å². The topological polar surface area (TPSA) is 69.9 Å². The molecule has 6 nitrogen and oxygen atoms in total. The first-order valence-corrected chi connectivity index (χ1v) is 5.48. The van der Waals surface area contributed by atoms with Crippen molar-refractivity contribution in [3.8, 4) is 5.69 Å². The van der Waals surface area contributed by atoms with Crippen molar-refractivity contribution < 1.29 is 13.9 Å². The Labute approximate surface area is 112 Å². The van der Waals surface area contributed by atoms with Gasteiger partial charge in [0, 0.05) is 11.6 Å². The third-order valence-electron chi connectivity index (χ3n) is 2.29. The van der Waals surface area contributed by atoms with E-state index in [-0.39, 0.29) is 10.6 Å². The van der Waals surface area contributed by atoms with Gasteiger partial charge in [-0.1, -0.05) is 11.6 Å². The number of carbonyl (C=O) groups is 1. The molecule has 8 heteroatoms. The fraction of sp³-hybridized carbons (Fsp3) is 0.0909. The van der Waals surface area contributed by atoms with E-state index in [0.717, 1.165) is 6.08 Å². The van der Waals surface area contributed by atoms with Crippen LogP contribution in [0.4, 0.5) is 4.39 Å². The molecule has 1 aromatic carbocycles. The van der Waals surface area contributed by atoms with Gasteiger partial charge in [0.2, 0.25) is 0 Å². The molecule has 0 N–H and O–H groups in total. The summed E-state index contributed by atoms with van der Waals surface area (Å²) in [6.07, 6.45) is 3.64. The van der Waals surface area contributed by atoms with Gasteiger partial charge in [0.25, 0.3) is 0 Å². The standard InChI is InChI=1S/C11H8ClFN4O2/c1-19-10(18)5-2-7-9(17-6-14-15-16-17)4-3-8(12)11(7)13/h2-6H,1H3. The minimum atomic E-state index is -0.671. The number of nitrogens with zero attached hydrogens (tertiary/aromatic N) is 4. The van der Waals surface area contributed by atoms with E-state index in [1.165, 1.54) is 30.3 Å². The van der Waals surface area contributed by atoms with Crippen molar-refractivity contribution in [1.29, 1.82) is 0 Å². The van der Waals surface area contributed by atoms with E-state index in [9.17, 15) is 9.18 Å². The normalized spacial score (nSPS) is 10.9. The third kappa shape index (κ3) is 2.76. The highest BCUT2D eigenvalue weighted by atomic mass is 35.5. The number of benzene rings is 1. The van der Waals surface area contributed by atoms with Crippen LogP contribution in [0.25, 0.3) is 11.8 Å². The van der Waals surface area contributed by atoms with Gasteiger partial charge in [0.05, 0.1) is 17.8 Å². The Morgan fingerprint density at radius 1 is 1.53 bits per heavy atom. The molecule has 0 saturated heterocycles. The Morgan fingerprint density at radius 2 is 2.32 bits per heavy atom. The minimum Gasteiger partial charge on any atom is -0.466 e. The second-order valence-corrected chi connectivity index (χ2v) is 3.81. The molecule has 0 unspecified atom stereocenters. The highest BCUT2D eigenvalue weighted by Gasteiger charge is 2.13. The number of halogens is 2. The van der Waals surface area contributed by atoms with Crippen LogP contribution in [0.2, 0.25) is 5.02 Å². The van der Waals surface area contributed by atoms with Crippen molar-refractivity contribution in [2.45, 2.75) is 0 Å². The first kappa shape index (κ1) is 13.2.